The molecule has 0 amide bonds. The zero-order valence-corrected chi connectivity index (χ0v) is 15.8. The van der Waals surface area contributed by atoms with Gasteiger partial charge in [-0.2, -0.15) is 0 Å². The number of rotatable bonds is 7. The van der Waals surface area contributed by atoms with Crippen LogP contribution in [-0.2, 0) is 13.0 Å². The number of anilines is 2. The number of ether oxygens (including phenoxy) is 2. The molecule has 0 radical (unpaired) electrons. The average Bonchev–Trinajstić information content (AvgIpc) is 3.39. The van der Waals surface area contributed by atoms with E-state index < -0.39 is 0 Å². The summed E-state index contributed by atoms with van der Waals surface area (Å²) in [6, 6.07) is 16.2. The van der Waals surface area contributed by atoms with E-state index in [0.717, 1.165) is 41.7 Å². The second-order valence-corrected chi connectivity index (χ2v) is 6.87. The molecule has 29 heavy (non-hydrogen) atoms. The summed E-state index contributed by atoms with van der Waals surface area (Å²) in [5, 5.41) is 7.97. The predicted molar refractivity (Wildman–Crippen MR) is 112 cm³/mol. The summed E-state index contributed by atoms with van der Waals surface area (Å²) < 4.78 is 10.8. The molecule has 7 heteroatoms. The second kappa shape index (κ2) is 7.71. The van der Waals surface area contributed by atoms with E-state index in [1.807, 2.05) is 30.3 Å². The molecule has 3 N–H and O–H groups in total. The van der Waals surface area contributed by atoms with Crippen LogP contribution < -0.4 is 20.1 Å². The van der Waals surface area contributed by atoms with Gasteiger partial charge in [-0.15, -0.1) is 0 Å². The number of nitrogens with zero attached hydrogens (tertiary/aromatic N) is 2. The molecule has 3 heterocycles. The lowest BCUT2D eigenvalue weighted by Crippen LogP contribution is -2.08. The molecule has 0 bridgehead atoms. The Balaban J connectivity index is 1.17. The van der Waals surface area contributed by atoms with Crippen LogP contribution in [0.5, 0.6) is 11.5 Å². The Morgan fingerprint density at radius 3 is 2.76 bits per heavy atom. The Labute approximate surface area is 168 Å². The third-order valence-electron chi connectivity index (χ3n) is 4.95. The van der Waals surface area contributed by atoms with Gasteiger partial charge in [0.05, 0.1) is 0 Å². The van der Waals surface area contributed by atoms with Gasteiger partial charge >= 0.3 is 0 Å². The molecule has 2 aromatic heterocycles. The molecule has 146 valence electrons. The van der Waals surface area contributed by atoms with Crippen molar-refractivity contribution in [2.45, 2.75) is 13.0 Å². The molecule has 0 aliphatic carbocycles. The number of aromatic nitrogens is 3. The van der Waals surface area contributed by atoms with Crippen LogP contribution in [0.1, 0.15) is 11.1 Å². The number of nitrogens with one attached hydrogen (secondary N) is 3. The molecule has 0 fully saturated rings. The first kappa shape index (κ1) is 17.4. The fourth-order valence-corrected chi connectivity index (χ4v) is 3.46. The monoisotopic (exact) mass is 387 g/mol. The first-order chi connectivity index (χ1) is 14.3. The fraction of sp³-hybridized carbons (Fsp3) is 0.182. The summed E-state index contributed by atoms with van der Waals surface area (Å²) in [5.41, 5.74) is 3.56. The zero-order chi connectivity index (χ0) is 19.5. The highest BCUT2D eigenvalue weighted by atomic mass is 16.7. The maximum Gasteiger partial charge on any atom is 0.231 e. The van der Waals surface area contributed by atoms with Crippen molar-refractivity contribution < 1.29 is 9.47 Å². The minimum Gasteiger partial charge on any atom is -0.454 e. The number of aromatic amines is 1. The Bertz CT molecular complexity index is 1140. The van der Waals surface area contributed by atoms with Gasteiger partial charge in [-0.25, -0.2) is 9.97 Å². The van der Waals surface area contributed by atoms with E-state index in [1.165, 1.54) is 16.5 Å². The molecule has 2 aromatic carbocycles. The minimum absolute atomic E-state index is 0.283. The number of H-pyrrole nitrogens is 1. The van der Waals surface area contributed by atoms with Crippen LogP contribution in [0.15, 0.2) is 61.1 Å². The van der Waals surface area contributed by atoms with Gasteiger partial charge in [-0.3, -0.25) is 0 Å². The van der Waals surface area contributed by atoms with E-state index in [0.29, 0.717) is 6.54 Å². The Morgan fingerprint density at radius 1 is 0.931 bits per heavy atom. The molecule has 1 aliphatic rings. The number of hydrogen-bond donors (Lipinski definition) is 3. The highest BCUT2D eigenvalue weighted by Gasteiger charge is 2.13. The molecule has 0 saturated heterocycles. The first-order valence-electron chi connectivity index (χ1n) is 9.58. The zero-order valence-electron chi connectivity index (χ0n) is 15.8. The maximum atomic E-state index is 5.42. The van der Waals surface area contributed by atoms with Crippen LogP contribution in [0.2, 0.25) is 0 Å². The van der Waals surface area contributed by atoms with Gasteiger partial charge in [0, 0.05) is 36.3 Å². The van der Waals surface area contributed by atoms with E-state index in [4.69, 9.17) is 9.47 Å². The summed E-state index contributed by atoms with van der Waals surface area (Å²) in [6.45, 7) is 1.72. The summed E-state index contributed by atoms with van der Waals surface area (Å²) in [5.74, 6) is 3.14. The lowest BCUT2D eigenvalue weighted by molar-refractivity contribution is 0.174. The van der Waals surface area contributed by atoms with Crippen LogP contribution in [-0.4, -0.2) is 28.3 Å². The van der Waals surface area contributed by atoms with Gasteiger partial charge < -0.3 is 25.1 Å². The van der Waals surface area contributed by atoms with Crippen molar-refractivity contribution in [3.8, 4) is 11.5 Å². The molecule has 4 aromatic rings. The summed E-state index contributed by atoms with van der Waals surface area (Å²) in [6.07, 6.45) is 4.55. The van der Waals surface area contributed by atoms with E-state index in [2.05, 4.69) is 50.0 Å². The number of fused-ring (bicyclic) bond motifs is 2. The van der Waals surface area contributed by atoms with Crippen molar-refractivity contribution >= 4 is 22.5 Å². The van der Waals surface area contributed by atoms with Crippen LogP contribution in [0.25, 0.3) is 10.9 Å². The quantitative estimate of drug-likeness (QED) is 0.445. The van der Waals surface area contributed by atoms with Crippen LogP contribution in [0.4, 0.5) is 11.6 Å². The van der Waals surface area contributed by atoms with Gasteiger partial charge in [-0.05, 0) is 35.7 Å². The van der Waals surface area contributed by atoms with Gasteiger partial charge in [0.15, 0.2) is 11.5 Å². The highest BCUT2D eigenvalue weighted by Crippen LogP contribution is 2.32. The lowest BCUT2D eigenvalue weighted by atomic mass is 10.1. The third-order valence-corrected chi connectivity index (χ3v) is 4.95. The van der Waals surface area contributed by atoms with Crippen LogP contribution in [0, 0.1) is 0 Å². The van der Waals surface area contributed by atoms with E-state index in [-0.39, 0.29) is 6.79 Å². The molecule has 1 aliphatic heterocycles. The molecular weight excluding hydrogens is 366 g/mol. The predicted octanol–water partition coefficient (Wildman–Crippen LogP) is 3.95. The Kier molecular flexibility index (Phi) is 4.62. The standard InChI is InChI=1S/C22H21N5O2/c1-2-4-18-17(3-1)16(12-24-18)7-8-23-21-10-22(27-13-26-21)25-11-15-5-6-19-20(9-15)29-14-28-19/h1-6,9-10,12-13,24H,7-8,11,14H2,(H2,23,25,26,27). The first-order valence-corrected chi connectivity index (χ1v) is 9.58. The SMILES string of the molecule is c1ccc2c(CCNc3cc(NCc4ccc5c(c4)OCO5)ncn3)c[nH]c2c1. The smallest absolute Gasteiger partial charge is 0.231 e. The van der Waals surface area contributed by atoms with Gasteiger partial charge in [-0.1, -0.05) is 24.3 Å². The van der Waals surface area contributed by atoms with Crippen molar-refractivity contribution in [1.29, 1.82) is 0 Å². The fourth-order valence-electron chi connectivity index (χ4n) is 3.46. The van der Waals surface area contributed by atoms with Gasteiger partial charge in [0.25, 0.3) is 0 Å². The van der Waals surface area contributed by atoms with E-state index in [9.17, 15) is 0 Å². The van der Waals surface area contributed by atoms with Crippen LogP contribution in [0.3, 0.4) is 0 Å². The molecule has 0 saturated carbocycles. The third kappa shape index (κ3) is 3.80. The molecule has 0 atom stereocenters. The minimum atomic E-state index is 0.283. The second-order valence-electron chi connectivity index (χ2n) is 6.87. The molecule has 7 nitrogen and oxygen atoms in total. The normalized spacial score (nSPS) is 12.3. The number of para-hydroxylation sites is 1. The van der Waals surface area contributed by atoms with E-state index >= 15 is 0 Å². The van der Waals surface area contributed by atoms with E-state index in [1.54, 1.807) is 6.33 Å². The highest BCUT2D eigenvalue weighted by molar-refractivity contribution is 5.83. The van der Waals surface area contributed by atoms with Crippen molar-refractivity contribution in [3.63, 3.8) is 0 Å². The van der Waals surface area contributed by atoms with Crippen molar-refractivity contribution in [1.82, 2.24) is 15.0 Å². The summed E-state index contributed by atoms with van der Waals surface area (Å²) in [7, 11) is 0. The van der Waals surface area contributed by atoms with Crippen molar-refractivity contribution in [3.05, 3.63) is 72.2 Å². The largest absolute Gasteiger partial charge is 0.454 e. The average molecular weight is 387 g/mol. The topological polar surface area (TPSA) is 84.1 Å². The lowest BCUT2D eigenvalue weighted by Gasteiger charge is -2.09. The molecule has 0 unspecified atom stereocenters. The Hall–Kier alpha value is -3.74. The molecule has 5 rings (SSSR count). The Morgan fingerprint density at radius 2 is 1.79 bits per heavy atom. The summed E-state index contributed by atoms with van der Waals surface area (Å²) in [4.78, 5) is 11.9. The van der Waals surface area contributed by atoms with Gasteiger partial charge in [0.2, 0.25) is 6.79 Å². The number of benzene rings is 2. The van der Waals surface area contributed by atoms with Crippen molar-refractivity contribution in [2.75, 3.05) is 24.0 Å². The maximum absolute atomic E-state index is 5.42. The summed E-state index contributed by atoms with van der Waals surface area (Å²) >= 11 is 0. The van der Waals surface area contributed by atoms with Crippen LogP contribution >= 0.6 is 0 Å². The molecule has 0 spiro atoms. The van der Waals surface area contributed by atoms with Crippen molar-refractivity contribution in [2.24, 2.45) is 0 Å². The number of hydrogen-bond acceptors (Lipinski definition) is 6. The molecular formula is C22H21N5O2. The van der Waals surface area contributed by atoms with Gasteiger partial charge in [0.1, 0.15) is 18.0 Å².